The molecular weight excluding hydrogens is 297 g/mol. The van der Waals surface area contributed by atoms with Gasteiger partial charge in [-0.3, -0.25) is 0 Å². The van der Waals surface area contributed by atoms with Crippen LogP contribution in [0.15, 0.2) is 42.5 Å². The van der Waals surface area contributed by atoms with Gasteiger partial charge in [0.15, 0.2) is 0 Å². The molecule has 0 fully saturated rings. The molecule has 0 bridgehead atoms. The van der Waals surface area contributed by atoms with Crippen LogP contribution in [0.5, 0.6) is 5.75 Å². The second-order valence-corrected chi connectivity index (χ2v) is 5.19. The number of nitriles is 1. The van der Waals surface area contributed by atoms with E-state index in [1.165, 1.54) is 30.3 Å². The monoisotopic (exact) mass is 309 g/mol. The van der Waals surface area contributed by atoms with Crippen LogP contribution in [0.1, 0.15) is 34.0 Å². The maximum absolute atomic E-state index is 14.4. The normalized spacial score (nSPS) is 15.9. The van der Waals surface area contributed by atoms with Crippen LogP contribution in [0.3, 0.4) is 0 Å². The van der Waals surface area contributed by atoms with E-state index in [1.54, 1.807) is 19.1 Å². The van der Waals surface area contributed by atoms with Crippen LogP contribution in [0, 0.1) is 17.1 Å². The Labute approximate surface area is 132 Å². The fraction of sp³-hybridized carbons (Fsp3) is 0.111. The average molecular weight is 309 g/mol. The summed E-state index contributed by atoms with van der Waals surface area (Å²) in [4.78, 5) is 11.2. The molecule has 1 N–H and O–H groups in total. The highest BCUT2D eigenvalue weighted by Gasteiger charge is 2.24. The first-order valence-electron chi connectivity index (χ1n) is 6.96. The molecule has 1 heterocycles. The minimum absolute atomic E-state index is 0.0719. The van der Waals surface area contributed by atoms with Crippen LogP contribution in [0.2, 0.25) is 0 Å². The highest BCUT2D eigenvalue weighted by Crippen LogP contribution is 2.38. The summed E-state index contributed by atoms with van der Waals surface area (Å²) in [6, 6.07) is 10.7. The number of halogens is 1. The van der Waals surface area contributed by atoms with Crippen molar-refractivity contribution < 1.29 is 19.0 Å². The third kappa shape index (κ3) is 2.55. The molecule has 0 saturated carbocycles. The summed E-state index contributed by atoms with van der Waals surface area (Å²) in [5.41, 5.74) is 1.36. The minimum atomic E-state index is -1.08. The Bertz CT molecular complexity index is 880. The zero-order valence-corrected chi connectivity index (χ0v) is 12.2. The largest absolute Gasteiger partial charge is 0.486 e. The molecule has 0 aromatic heterocycles. The lowest BCUT2D eigenvalue weighted by atomic mass is 9.89. The molecule has 3 rings (SSSR count). The van der Waals surface area contributed by atoms with E-state index in [9.17, 15) is 14.4 Å². The molecule has 0 saturated heterocycles. The molecular formula is C18H12FNO3. The Kier molecular flexibility index (Phi) is 3.59. The van der Waals surface area contributed by atoms with Crippen molar-refractivity contribution in [2.45, 2.75) is 13.0 Å². The van der Waals surface area contributed by atoms with Crippen molar-refractivity contribution in [1.29, 1.82) is 5.26 Å². The van der Waals surface area contributed by atoms with E-state index in [4.69, 9.17) is 9.84 Å². The number of benzene rings is 2. The molecule has 1 atom stereocenters. The molecule has 0 radical (unpaired) electrons. The van der Waals surface area contributed by atoms with Gasteiger partial charge in [-0.2, -0.15) is 5.26 Å². The fourth-order valence-corrected chi connectivity index (χ4v) is 2.64. The topological polar surface area (TPSA) is 70.3 Å². The average Bonchev–Trinajstić information content (AvgIpc) is 2.53. The van der Waals surface area contributed by atoms with E-state index in [1.807, 2.05) is 6.07 Å². The standard InChI is InChI=1S/C18H12FNO3/c1-10-7-14(17-12(9-20)3-2-4-15(17)19)13-8-11(18(21)22)5-6-16(13)23-10/h2-8,10H,1H3,(H,21,22). The smallest absolute Gasteiger partial charge is 0.335 e. The molecule has 1 unspecified atom stereocenters. The number of aromatic carboxylic acids is 1. The van der Waals surface area contributed by atoms with Gasteiger partial charge in [0.1, 0.15) is 17.7 Å². The van der Waals surface area contributed by atoms with Gasteiger partial charge >= 0.3 is 5.97 Å². The maximum atomic E-state index is 14.4. The van der Waals surface area contributed by atoms with Gasteiger partial charge in [-0.1, -0.05) is 6.07 Å². The van der Waals surface area contributed by atoms with E-state index in [2.05, 4.69) is 0 Å². The number of nitrogens with zero attached hydrogens (tertiary/aromatic N) is 1. The lowest BCUT2D eigenvalue weighted by Crippen LogP contribution is -2.16. The van der Waals surface area contributed by atoms with E-state index in [0.717, 1.165) is 0 Å². The zero-order valence-electron chi connectivity index (χ0n) is 12.2. The first kappa shape index (κ1) is 14.8. The highest BCUT2D eigenvalue weighted by molar-refractivity contribution is 5.93. The number of carbonyl (C=O) groups is 1. The molecule has 0 aliphatic carbocycles. The number of hydrogen-bond donors (Lipinski definition) is 1. The Balaban J connectivity index is 2.28. The summed E-state index contributed by atoms with van der Waals surface area (Å²) in [6.07, 6.45) is 1.37. The van der Waals surface area contributed by atoms with Crippen molar-refractivity contribution >= 4 is 11.5 Å². The predicted molar refractivity (Wildman–Crippen MR) is 81.7 cm³/mol. The predicted octanol–water partition coefficient (Wildman–Crippen LogP) is 3.61. The molecule has 2 aromatic carbocycles. The van der Waals surface area contributed by atoms with Crippen LogP contribution < -0.4 is 4.74 Å². The van der Waals surface area contributed by atoms with Gasteiger partial charge in [-0.05, 0) is 48.9 Å². The van der Waals surface area contributed by atoms with Gasteiger partial charge in [0.25, 0.3) is 0 Å². The molecule has 5 heteroatoms. The van der Waals surface area contributed by atoms with Crippen molar-refractivity contribution in [1.82, 2.24) is 0 Å². The quantitative estimate of drug-likeness (QED) is 0.920. The summed E-state index contributed by atoms with van der Waals surface area (Å²) in [5, 5.41) is 18.4. The second kappa shape index (κ2) is 5.58. The van der Waals surface area contributed by atoms with Crippen LogP contribution in [0.4, 0.5) is 4.39 Å². The van der Waals surface area contributed by atoms with Crippen molar-refractivity contribution in [3.05, 3.63) is 70.5 Å². The van der Waals surface area contributed by atoms with Gasteiger partial charge in [0.2, 0.25) is 0 Å². The van der Waals surface area contributed by atoms with Gasteiger partial charge in [-0.15, -0.1) is 0 Å². The summed E-state index contributed by atoms with van der Waals surface area (Å²) >= 11 is 0. The van der Waals surface area contributed by atoms with Crippen LogP contribution in [-0.2, 0) is 0 Å². The van der Waals surface area contributed by atoms with Crippen LogP contribution >= 0.6 is 0 Å². The van der Waals surface area contributed by atoms with E-state index >= 15 is 0 Å². The van der Waals surface area contributed by atoms with Gasteiger partial charge in [0.05, 0.1) is 17.2 Å². The van der Waals surface area contributed by atoms with E-state index in [0.29, 0.717) is 16.9 Å². The first-order valence-corrected chi connectivity index (χ1v) is 6.96. The Hall–Kier alpha value is -3.13. The van der Waals surface area contributed by atoms with Crippen molar-refractivity contribution in [2.75, 3.05) is 0 Å². The number of carboxylic acids is 1. The number of fused-ring (bicyclic) bond motifs is 1. The number of ether oxygens (including phenoxy) is 1. The molecule has 1 aliphatic rings. The number of hydrogen-bond acceptors (Lipinski definition) is 3. The minimum Gasteiger partial charge on any atom is -0.486 e. The van der Waals surface area contributed by atoms with Crippen molar-refractivity contribution in [2.24, 2.45) is 0 Å². The molecule has 23 heavy (non-hydrogen) atoms. The van der Waals surface area contributed by atoms with Crippen molar-refractivity contribution in [3.63, 3.8) is 0 Å². The molecule has 4 nitrogen and oxygen atoms in total. The third-order valence-electron chi connectivity index (χ3n) is 3.63. The second-order valence-electron chi connectivity index (χ2n) is 5.19. The Morgan fingerprint density at radius 1 is 1.35 bits per heavy atom. The van der Waals surface area contributed by atoms with E-state index in [-0.39, 0.29) is 22.8 Å². The van der Waals surface area contributed by atoms with Gasteiger partial charge in [-0.25, -0.2) is 9.18 Å². The number of rotatable bonds is 2. The molecule has 114 valence electrons. The Morgan fingerprint density at radius 3 is 2.83 bits per heavy atom. The fourth-order valence-electron chi connectivity index (χ4n) is 2.64. The molecule has 2 aromatic rings. The lowest BCUT2D eigenvalue weighted by Gasteiger charge is -2.24. The van der Waals surface area contributed by atoms with Crippen LogP contribution in [-0.4, -0.2) is 17.2 Å². The van der Waals surface area contributed by atoms with Crippen molar-refractivity contribution in [3.8, 4) is 11.8 Å². The summed E-state index contributed by atoms with van der Waals surface area (Å²) in [7, 11) is 0. The first-order chi connectivity index (χ1) is 11.0. The summed E-state index contributed by atoms with van der Waals surface area (Å²) in [6.45, 7) is 1.79. The molecule has 1 aliphatic heterocycles. The number of carboxylic acid groups (broad SMARTS) is 1. The van der Waals surface area contributed by atoms with Gasteiger partial charge < -0.3 is 9.84 Å². The lowest BCUT2D eigenvalue weighted by molar-refractivity contribution is 0.0697. The SMILES string of the molecule is CC1C=C(c2c(F)cccc2C#N)c2cc(C(=O)O)ccc2O1. The van der Waals surface area contributed by atoms with E-state index < -0.39 is 11.8 Å². The van der Waals surface area contributed by atoms with Gasteiger partial charge in [0, 0.05) is 11.1 Å². The highest BCUT2D eigenvalue weighted by atomic mass is 19.1. The summed E-state index contributed by atoms with van der Waals surface area (Å²) < 4.78 is 20.0. The third-order valence-corrected chi connectivity index (χ3v) is 3.63. The summed E-state index contributed by atoms with van der Waals surface area (Å²) in [5.74, 6) is -1.15. The maximum Gasteiger partial charge on any atom is 0.335 e. The van der Waals surface area contributed by atoms with Crippen LogP contribution in [0.25, 0.3) is 5.57 Å². The Morgan fingerprint density at radius 2 is 2.13 bits per heavy atom. The molecule has 0 amide bonds. The molecule has 0 spiro atoms. The zero-order chi connectivity index (χ0) is 16.6.